The van der Waals surface area contributed by atoms with Crippen LogP contribution in [-0.2, 0) is 21.2 Å². The minimum atomic E-state index is -3.26. The molecule has 1 heterocycles. The zero-order valence-corrected chi connectivity index (χ0v) is 17.6. The Hall–Kier alpha value is -2.18. The van der Waals surface area contributed by atoms with Crippen LogP contribution in [0.2, 0.25) is 0 Å². The summed E-state index contributed by atoms with van der Waals surface area (Å²) in [5.41, 5.74) is 3.20. The van der Waals surface area contributed by atoms with Crippen LogP contribution in [-0.4, -0.2) is 43.6 Å². The molecule has 0 unspecified atom stereocenters. The Balaban J connectivity index is 1.62. The molecule has 2 aliphatic rings. The third-order valence-corrected chi connectivity index (χ3v) is 6.94. The SMILES string of the molecule is CS(=O)(=O)N[C@H]1CC[C@](Cc2cccc(-c3ccccc3)c2)(N2CCCC2=O)C1. The van der Waals surface area contributed by atoms with E-state index in [-0.39, 0.29) is 17.5 Å². The van der Waals surface area contributed by atoms with Crippen molar-refractivity contribution in [2.45, 2.75) is 50.1 Å². The first-order chi connectivity index (χ1) is 13.8. The lowest BCUT2D eigenvalue weighted by atomic mass is 9.86. The third-order valence-electron chi connectivity index (χ3n) is 6.18. The second-order valence-corrected chi connectivity index (χ2v) is 10.2. The van der Waals surface area contributed by atoms with Crippen molar-refractivity contribution in [3.8, 4) is 11.1 Å². The van der Waals surface area contributed by atoms with Crippen LogP contribution in [0.3, 0.4) is 0 Å². The van der Waals surface area contributed by atoms with E-state index < -0.39 is 10.0 Å². The predicted molar refractivity (Wildman–Crippen MR) is 115 cm³/mol. The van der Waals surface area contributed by atoms with E-state index in [9.17, 15) is 13.2 Å². The van der Waals surface area contributed by atoms with Crippen molar-refractivity contribution in [3.63, 3.8) is 0 Å². The van der Waals surface area contributed by atoms with Gasteiger partial charge in [-0.1, -0.05) is 54.6 Å². The number of likely N-dealkylation sites (tertiary alicyclic amines) is 1. The van der Waals surface area contributed by atoms with Crippen molar-refractivity contribution in [3.05, 3.63) is 60.2 Å². The van der Waals surface area contributed by atoms with Crippen LogP contribution in [0.15, 0.2) is 54.6 Å². The molecule has 2 atom stereocenters. The highest BCUT2D eigenvalue weighted by Crippen LogP contribution is 2.41. The number of nitrogens with zero attached hydrogens (tertiary/aromatic N) is 1. The van der Waals surface area contributed by atoms with Gasteiger partial charge in [-0.15, -0.1) is 0 Å². The molecule has 0 radical (unpaired) electrons. The Morgan fingerprint density at radius 1 is 1.10 bits per heavy atom. The van der Waals surface area contributed by atoms with Gasteiger partial charge in [0.1, 0.15) is 0 Å². The lowest BCUT2D eigenvalue weighted by Gasteiger charge is -2.39. The highest BCUT2D eigenvalue weighted by atomic mass is 32.2. The molecular weight excluding hydrogens is 384 g/mol. The molecule has 1 aliphatic carbocycles. The molecule has 1 amide bonds. The number of hydrogen-bond donors (Lipinski definition) is 1. The Bertz CT molecular complexity index is 990. The van der Waals surface area contributed by atoms with Gasteiger partial charge in [0.05, 0.1) is 6.26 Å². The first-order valence-corrected chi connectivity index (χ1v) is 12.2. The van der Waals surface area contributed by atoms with E-state index in [2.05, 4.69) is 41.1 Å². The monoisotopic (exact) mass is 412 g/mol. The van der Waals surface area contributed by atoms with Crippen molar-refractivity contribution in [1.29, 1.82) is 0 Å². The maximum atomic E-state index is 12.6. The number of benzene rings is 2. The van der Waals surface area contributed by atoms with Gasteiger partial charge in [0.25, 0.3) is 0 Å². The summed E-state index contributed by atoms with van der Waals surface area (Å²) in [6.45, 7) is 0.767. The molecule has 5 nitrogen and oxygen atoms in total. The van der Waals surface area contributed by atoms with Gasteiger partial charge >= 0.3 is 0 Å². The summed E-state index contributed by atoms with van der Waals surface area (Å²) in [4.78, 5) is 14.7. The molecule has 1 saturated carbocycles. The van der Waals surface area contributed by atoms with E-state index >= 15 is 0 Å². The zero-order chi connectivity index (χ0) is 20.5. The lowest BCUT2D eigenvalue weighted by Crippen LogP contribution is -2.50. The predicted octanol–water partition coefficient (Wildman–Crippen LogP) is 3.36. The normalized spacial score (nSPS) is 24.9. The number of carbonyl (C=O) groups excluding carboxylic acids is 1. The van der Waals surface area contributed by atoms with E-state index in [1.807, 2.05) is 23.1 Å². The molecule has 1 aliphatic heterocycles. The molecular formula is C23H28N2O3S. The first-order valence-electron chi connectivity index (χ1n) is 10.3. The summed E-state index contributed by atoms with van der Waals surface area (Å²) in [6.07, 6.45) is 5.68. The molecule has 4 rings (SSSR count). The van der Waals surface area contributed by atoms with E-state index in [1.165, 1.54) is 17.4 Å². The molecule has 2 aromatic carbocycles. The third kappa shape index (κ3) is 4.54. The van der Waals surface area contributed by atoms with Crippen molar-refractivity contribution in [2.75, 3.05) is 12.8 Å². The fourth-order valence-corrected chi connectivity index (χ4v) is 5.84. The quantitative estimate of drug-likeness (QED) is 0.791. The first kappa shape index (κ1) is 20.1. The van der Waals surface area contributed by atoms with Crippen molar-refractivity contribution in [1.82, 2.24) is 9.62 Å². The Labute approximate surface area is 173 Å². The highest BCUT2D eigenvalue weighted by Gasteiger charge is 2.47. The summed E-state index contributed by atoms with van der Waals surface area (Å²) < 4.78 is 26.3. The zero-order valence-electron chi connectivity index (χ0n) is 16.8. The van der Waals surface area contributed by atoms with Gasteiger partial charge in [0.15, 0.2) is 0 Å². The van der Waals surface area contributed by atoms with Crippen molar-refractivity contribution in [2.24, 2.45) is 0 Å². The summed E-state index contributed by atoms with van der Waals surface area (Å²) in [5.74, 6) is 0.198. The van der Waals surface area contributed by atoms with Crippen LogP contribution in [0.4, 0.5) is 0 Å². The Kier molecular flexibility index (Phi) is 5.49. The molecule has 2 aromatic rings. The molecule has 1 saturated heterocycles. The van der Waals surface area contributed by atoms with Gasteiger partial charge < -0.3 is 4.90 Å². The van der Waals surface area contributed by atoms with Crippen LogP contribution >= 0.6 is 0 Å². The van der Waals surface area contributed by atoms with Gasteiger partial charge in [-0.2, -0.15) is 0 Å². The van der Waals surface area contributed by atoms with Crippen molar-refractivity contribution >= 4 is 15.9 Å². The number of rotatable bonds is 6. The molecule has 0 bridgehead atoms. The minimum Gasteiger partial charge on any atom is -0.337 e. The van der Waals surface area contributed by atoms with Crippen LogP contribution in [0, 0.1) is 0 Å². The van der Waals surface area contributed by atoms with Gasteiger partial charge in [-0.3, -0.25) is 4.79 Å². The Morgan fingerprint density at radius 2 is 1.86 bits per heavy atom. The maximum Gasteiger partial charge on any atom is 0.223 e. The van der Waals surface area contributed by atoms with Gasteiger partial charge in [-0.05, 0) is 48.8 Å². The molecule has 154 valence electrons. The van der Waals surface area contributed by atoms with Gasteiger partial charge in [0.2, 0.25) is 15.9 Å². The fraction of sp³-hybridized carbons (Fsp3) is 0.435. The average Bonchev–Trinajstić information content (AvgIpc) is 3.28. The second kappa shape index (κ2) is 7.92. The van der Waals surface area contributed by atoms with E-state index in [4.69, 9.17) is 0 Å². The summed E-state index contributed by atoms with van der Waals surface area (Å²) in [7, 11) is -3.26. The molecule has 2 fully saturated rings. The average molecular weight is 413 g/mol. The number of carbonyl (C=O) groups is 1. The summed E-state index contributed by atoms with van der Waals surface area (Å²) in [5, 5.41) is 0. The van der Waals surface area contributed by atoms with Crippen LogP contribution in [0.25, 0.3) is 11.1 Å². The maximum absolute atomic E-state index is 12.6. The van der Waals surface area contributed by atoms with Crippen LogP contribution in [0.1, 0.15) is 37.7 Å². The highest BCUT2D eigenvalue weighted by molar-refractivity contribution is 7.88. The molecule has 1 N–H and O–H groups in total. The number of sulfonamides is 1. The molecule has 0 aromatic heterocycles. The molecule has 29 heavy (non-hydrogen) atoms. The van der Waals surface area contributed by atoms with Gasteiger partial charge in [0, 0.05) is 24.5 Å². The van der Waals surface area contributed by atoms with E-state index in [0.29, 0.717) is 12.8 Å². The second-order valence-electron chi connectivity index (χ2n) is 8.45. The van der Waals surface area contributed by atoms with Crippen LogP contribution < -0.4 is 4.72 Å². The Morgan fingerprint density at radius 3 is 2.55 bits per heavy atom. The number of amides is 1. The lowest BCUT2D eigenvalue weighted by molar-refractivity contribution is -0.133. The fourth-order valence-electron chi connectivity index (χ4n) is 5.03. The largest absolute Gasteiger partial charge is 0.337 e. The smallest absolute Gasteiger partial charge is 0.223 e. The standard InChI is InChI=1S/C23H28N2O3S/c1-29(27,28)24-21-12-13-23(17-21,25-14-6-11-22(25)26)16-18-7-5-10-20(15-18)19-8-3-2-4-9-19/h2-5,7-10,15,21,24H,6,11-14,16-17H2,1H3/t21-,23+/m0/s1. The summed E-state index contributed by atoms with van der Waals surface area (Å²) in [6, 6.07) is 18.6. The minimum absolute atomic E-state index is 0.115. The van der Waals surface area contributed by atoms with Crippen molar-refractivity contribution < 1.29 is 13.2 Å². The van der Waals surface area contributed by atoms with Gasteiger partial charge in [-0.25, -0.2) is 13.1 Å². The van der Waals surface area contributed by atoms with E-state index in [1.54, 1.807) is 0 Å². The molecule has 0 spiro atoms. The summed E-state index contributed by atoms with van der Waals surface area (Å²) >= 11 is 0. The molecule has 6 heteroatoms. The number of hydrogen-bond acceptors (Lipinski definition) is 3. The number of nitrogens with one attached hydrogen (secondary N) is 1. The van der Waals surface area contributed by atoms with E-state index in [0.717, 1.165) is 37.8 Å². The topological polar surface area (TPSA) is 66.5 Å². The van der Waals surface area contributed by atoms with Crippen LogP contribution in [0.5, 0.6) is 0 Å².